The van der Waals surface area contributed by atoms with Crippen LogP contribution in [0.3, 0.4) is 0 Å². The lowest BCUT2D eigenvalue weighted by Gasteiger charge is -1.89. The second kappa shape index (κ2) is 5.18. The molecule has 3 aromatic rings. The number of hydrogen-bond acceptors (Lipinski definition) is 7. The topological polar surface area (TPSA) is 77.8 Å². The van der Waals surface area contributed by atoms with E-state index in [2.05, 4.69) is 21.3 Å². The van der Waals surface area contributed by atoms with Gasteiger partial charge in [0.15, 0.2) is 9.92 Å². The number of nitrogens with two attached hydrogens (primary N) is 1. The maximum Gasteiger partial charge on any atom is 0.264 e. The summed E-state index contributed by atoms with van der Waals surface area (Å²) in [5.74, 6) is 0.885. The molecule has 0 aliphatic heterocycles. The molecular weight excluding hydrogens is 280 g/mol. The van der Waals surface area contributed by atoms with Crippen LogP contribution in [-0.4, -0.2) is 14.3 Å². The molecular formula is C12H12N4OS2. The number of anilines is 1. The number of benzene rings is 1. The first-order valence-electron chi connectivity index (χ1n) is 5.91. The Morgan fingerprint density at radius 3 is 3.11 bits per heavy atom. The average Bonchev–Trinajstić information content (AvgIpc) is 2.96. The Morgan fingerprint density at radius 1 is 1.37 bits per heavy atom. The van der Waals surface area contributed by atoms with Crippen LogP contribution in [0.4, 0.5) is 5.69 Å². The summed E-state index contributed by atoms with van der Waals surface area (Å²) in [6, 6.07) is 5.43. The molecule has 2 aromatic heterocycles. The zero-order valence-electron chi connectivity index (χ0n) is 10.3. The van der Waals surface area contributed by atoms with Gasteiger partial charge in [-0.2, -0.15) is 4.37 Å². The molecule has 3 rings (SSSR count). The van der Waals surface area contributed by atoms with Gasteiger partial charge in [-0.3, -0.25) is 0 Å². The molecule has 0 unspecified atom stereocenters. The summed E-state index contributed by atoms with van der Waals surface area (Å²) >= 11 is 2.77. The van der Waals surface area contributed by atoms with Crippen molar-refractivity contribution < 1.29 is 4.42 Å². The van der Waals surface area contributed by atoms with Crippen LogP contribution in [0, 0.1) is 0 Å². The molecule has 5 nitrogen and oxygen atoms in total. The molecule has 0 aliphatic carbocycles. The largest absolute Gasteiger partial charge is 0.431 e. The zero-order valence-corrected chi connectivity index (χ0v) is 11.9. The van der Waals surface area contributed by atoms with Crippen molar-refractivity contribution in [3.8, 4) is 0 Å². The van der Waals surface area contributed by atoms with Gasteiger partial charge in [-0.25, -0.2) is 9.97 Å². The van der Waals surface area contributed by atoms with Crippen LogP contribution in [0.1, 0.15) is 19.2 Å². The van der Waals surface area contributed by atoms with E-state index in [1.807, 2.05) is 12.1 Å². The number of nitrogens with zero attached hydrogens (tertiary/aromatic N) is 3. The van der Waals surface area contributed by atoms with Gasteiger partial charge in [-0.1, -0.05) is 6.92 Å². The van der Waals surface area contributed by atoms with E-state index in [4.69, 9.17) is 10.2 Å². The van der Waals surface area contributed by atoms with E-state index >= 15 is 0 Å². The predicted octanol–water partition coefficient (Wildman–Crippen LogP) is 3.37. The van der Waals surface area contributed by atoms with Crippen molar-refractivity contribution in [1.29, 1.82) is 0 Å². The van der Waals surface area contributed by atoms with Crippen LogP contribution < -0.4 is 5.73 Å². The smallest absolute Gasteiger partial charge is 0.264 e. The Bertz CT molecular complexity index is 707. The Morgan fingerprint density at radius 2 is 2.26 bits per heavy atom. The van der Waals surface area contributed by atoms with Crippen molar-refractivity contribution in [3.63, 3.8) is 0 Å². The summed E-state index contributed by atoms with van der Waals surface area (Å²) in [6.07, 6.45) is 1.95. The van der Waals surface area contributed by atoms with Gasteiger partial charge in [-0.05, 0) is 30.1 Å². The summed E-state index contributed by atoms with van der Waals surface area (Å²) in [7, 11) is 0. The molecule has 2 N–H and O–H groups in total. The van der Waals surface area contributed by atoms with Crippen LogP contribution in [0.15, 0.2) is 32.2 Å². The van der Waals surface area contributed by atoms with Crippen LogP contribution in [0.5, 0.6) is 0 Å². The number of nitrogen functional groups attached to an aromatic ring is 1. The van der Waals surface area contributed by atoms with Gasteiger partial charge in [0.25, 0.3) is 5.22 Å². The van der Waals surface area contributed by atoms with E-state index in [9.17, 15) is 0 Å². The molecule has 0 saturated carbocycles. The minimum atomic E-state index is 0.569. The van der Waals surface area contributed by atoms with Gasteiger partial charge >= 0.3 is 0 Å². The van der Waals surface area contributed by atoms with E-state index in [0.717, 1.165) is 28.5 Å². The summed E-state index contributed by atoms with van der Waals surface area (Å²) < 4.78 is 10.8. The number of oxazole rings is 1. The molecule has 0 aliphatic rings. The maximum atomic E-state index is 5.71. The highest BCUT2D eigenvalue weighted by molar-refractivity contribution is 8.00. The van der Waals surface area contributed by atoms with Crippen molar-refractivity contribution in [2.24, 2.45) is 0 Å². The van der Waals surface area contributed by atoms with E-state index < -0.39 is 0 Å². The van der Waals surface area contributed by atoms with Crippen molar-refractivity contribution in [2.45, 2.75) is 29.3 Å². The minimum Gasteiger partial charge on any atom is -0.431 e. The molecule has 0 atom stereocenters. The molecule has 2 heterocycles. The fraction of sp³-hybridized carbons (Fsp3) is 0.250. The number of hydrogen-bond donors (Lipinski definition) is 1. The molecule has 0 bridgehead atoms. The maximum absolute atomic E-state index is 5.71. The summed E-state index contributed by atoms with van der Waals surface area (Å²) in [6.45, 7) is 2.11. The van der Waals surface area contributed by atoms with Gasteiger partial charge in [0.05, 0.1) is 0 Å². The first-order valence-corrected chi connectivity index (χ1v) is 7.50. The zero-order chi connectivity index (χ0) is 13.2. The Hall–Kier alpha value is -1.60. The number of fused-ring (bicyclic) bond motifs is 1. The van der Waals surface area contributed by atoms with Crippen molar-refractivity contribution in [1.82, 2.24) is 14.3 Å². The molecule has 0 saturated heterocycles. The first-order chi connectivity index (χ1) is 9.24. The SMILES string of the molecule is CCCc1nsc(Sc2nc3ccc(N)cc3o2)n1. The molecule has 98 valence electrons. The molecule has 0 amide bonds. The lowest BCUT2D eigenvalue weighted by Crippen LogP contribution is -1.84. The standard InChI is InChI=1S/C12H12N4OS2/c1-2-3-10-15-12(19-16-10)18-11-14-8-5-4-7(13)6-9(8)17-11/h4-6H,2-3,13H2,1H3. The fourth-order valence-electron chi connectivity index (χ4n) is 1.64. The normalized spacial score (nSPS) is 11.2. The number of aromatic nitrogens is 3. The lowest BCUT2D eigenvalue weighted by atomic mass is 10.3. The lowest BCUT2D eigenvalue weighted by molar-refractivity contribution is 0.489. The van der Waals surface area contributed by atoms with Gasteiger partial charge in [0.2, 0.25) is 0 Å². The highest BCUT2D eigenvalue weighted by atomic mass is 32.2. The molecule has 7 heteroatoms. The van der Waals surface area contributed by atoms with Crippen molar-refractivity contribution >= 4 is 40.1 Å². The van der Waals surface area contributed by atoms with E-state index in [-0.39, 0.29) is 0 Å². The van der Waals surface area contributed by atoms with Crippen molar-refractivity contribution in [2.75, 3.05) is 5.73 Å². The average molecular weight is 292 g/mol. The third-order valence-corrected chi connectivity index (χ3v) is 4.13. The van der Waals surface area contributed by atoms with Crippen LogP contribution in [0.2, 0.25) is 0 Å². The number of rotatable bonds is 4. The number of aryl methyl sites for hydroxylation is 1. The fourth-order valence-corrected chi connectivity index (χ4v) is 3.16. The van der Waals surface area contributed by atoms with Crippen molar-refractivity contribution in [3.05, 3.63) is 24.0 Å². The summed E-state index contributed by atoms with van der Waals surface area (Å²) in [5, 5.41) is 0.569. The van der Waals surface area contributed by atoms with Gasteiger partial charge < -0.3 is 10.2 Å². The third-order valence-electron chi connectivity index (χ3n) is 2.49. The molecule has 1 aromatic carbocycles. The second-order valence-corrected chi connectivity index (χ2v) is 5.99. The summed E-state index contributed by atoms with van der Waals surface area (Å²) in [4.78, 5) is 8.81. The highest BCUT2D eigenvalue weighted by Crippen LogP contribution is 2.31. The Balaban J connectivity index is 1.83. The molecule has 19 heavy (non-hydrogen) atoms. The van der Waals surface area contributed by atoms with Crippen LogP contribution in [0.25, 0.3) is 11.1 Å². The predicted molar refractivity (Wildman–Crippen MR) is 76.4 cm³/mol. The Labute approximate surface area is 118 Å². The quantitative estimate of drug-likeness (QED) is 0.743. The molecule has 0 radical (unpaired) electrons. The second-order valence-electron chi connectivity index (χ2n) is 4.04. The van der Waals surface area contributed by atoms with Crippen LogP contribution in [-0.2, 0) is 6.42 Å². The van der Waals surface area contributed by atoms with Crippen LogP contribution >= 0.6 is 23.3 Å². The minimum absolute atomic E-state index is 0.569. The molecule has 0 fully saturated rings. The van der Waals surface area contributed by atoms with Gasteiger partial charge in [-0.15, -0.1) is 0 Å². The van der Waals surface area contributed by atoms with E-state index in [1.165, 1.54) is 23.3 Å². The monoisotopic (exact) mass is 292 g/mol. The van der Waals surface area contributed by atoms with E-state index in [1.54, 1.807) is 6.07 Å². The van der Waals surface area contributed by atoms with E-state index in [0.29, 0.717) is 16.5 Å². The highest BCUT2D eigenvalue weighted by Gasteiger charge is 2.11. The molecule has 0 spiro atoms. The van der Waals surface area contributed by atoms with Gasteiger partial charge in [0.1, 0.15) is 11.3 Å². The first kappa shape index (κ1) is 12.4. The Kier molecular flexibility index (Phi) is 3.39. The van der Waals surface area contributed by atoms with Gasteiger partial charge in [0, 0.05) is 29.9 Å². The third kappa shape index (κ3) is 2.71. The summed E-state index contributed by atoms with van der Waals surface area (Å²) in [5.41, 5.74) is 7.87.